The molecule has 1 fully saturated rings. The topological polar surface area (TPSA) is 49.9 Å². The van der Waals surface area contributed by atoms with Crippen LogP contribution < -0.4 is 4.90 Å². The van der Waals surface area contributed by atoms with Gasteiger partial charge in [-0.1, -0.05) is 11.6 Å². The fourth-order valence-electron chi connectivity index (χ4n) is 2.34. The van der Waals surface area contributed by atoms with Gasteiger partial charge in [0.15, 0.2) is 0 Å². The van der Waals surface area contributed by atoms with Gasteiger partial charge in [-0.3, -0.25) is 4.79 Å². The molecule has 1 heterocycles. The second-order valence-electron chi connectivity index (χ2n) is 6.39. The van der Waals surface area contributed by atoms with Gasteiger partial charge in [-0.15, -0.1) is 0 Å². The number of rotatable bonds is 2. The van der Waals surface area contributed by atoms with E-state index in [2.05, 4.69) is 4.90 Å². The number of benzene rings is 1. The molecule has 0 bridgehead atoms. The first-order valence-electron chi connectivity index (χ1n) is 7.39. The van der Waals surface area contributed by atoms with Crippen molar-refractivity contribution in [2.24, 2.45) is 0 Å². The lowest BCUT2D eigenvalue weighted by molar-refractivity contribution is 0.0240. The Kier molecular flexibility index (Phi) is 5.42. The van der Waals surface area contributed by atoms with Crippen molar-refractivity contribution < 1.29 is 14.3 Å². The molecule has 0 aromatic heterocycles. The number of piperazine rings is 1. The van der Waals surface area contributed by atoms with Crippen LogP contribution in [-0.2, 0) is 4.74 Å². The number of carbonyl (C=O) groups excluding carboxylic acids is 2. The highest BCUT2D eigenvalue weighted by atomic mass is 35.5. The Bertz CT molecular complexity index is 606. The van der Waals surface area contributed by atoms with E-state index in [4.69, 9.17) is 27.9 Å². The van der Waals surface area contributed by atoms with Crippen molar-refractivity contribution in [3.63, 3.8) is 0 Å². The van der Waals surface area contributed by atoms with Gasteiger partial charge in [0, 0.05) is 31.7 Å². The lowest BCUT2D eigenvalue weighted by atomic mass is 10.2. The lowest BCUT2D eigenvalue weighted by Gasteiger charge is -2.37. The summed E-state index contributed by atoms with van der Waals surface area (Å²) in [4.78, 5) is 27.0. The van der Waals surface area contributed by atoms with Gasteiger partial charge in [0.05, 0.1) is 10.7 Å². The molecule has 7 heteroatoms. The van der Waals surface area contributed by atoms with Crippen LogP contribution in [0.5, 0.6) is 0 Å². The summed E-state index contributed by atoms with van der Waals surface area (Å²) in [6, 6.07) is 4.99. The standard InChI is InChI=1S/C16H20Cl2N2O3/c1-16(2,3)23-15(22)20-8-6-19(7-9-20)13-5-4-11(14(18)21)10-12(13)17/h4-5,10H,6-9H2,1-3H3. The highest BCUT2D eigenvalue weighted by Crippen LogP contribution is 2.28. The molecule has 0 spiro atoms. The predicted octanol–water partition coefficient (Wildman–Crippen LogP) is 3.78. The Hall–Kier alpha value is -1.46. The van der Waals surface area contributed by atoms with E-state index in [1.165, 1.54) is 0 Å². The average Bonchev–Trinajstić information content (AvgIpc) is 2.45. The van der Waals surface area contributed by atoms with E-state index in [0.29, 0.717) is 36.8 Å². The Morgan fingerprint density at radius 2 is 1.74 bits per heavy atom. The van der Waals surface area contributed by atoms with E-state index in [-0.39, 0.29) is 6.09 Å². The maximum Gasteiger partial charge on any atom is 0.410 e. The number of anilines is 1. The molecule has 1 aliphatic rings. The van der Waals surface area contributed by atoms with Crippen molar-refractivity contribution in [3.8, 4) is 0 Å². The van der Waals surface area contributed by atoms with Gasteiger partial charge in [0.25, 0.3) is 5.24 Å². The Morgan fingerprint density at radius 1 is 1.13 bits per heavy atom. The first-order chi connectivity index (χ1) is 10.7. The van der Waals surface area contributed by atoms with Crippen molar-refractivity contribution in [1.82, 2.24) is 4.90 Å². The summed E-state index contributed by atoms with van der Waals surface area (Å²) in [5.41, 5.74) is 0.700. The van der Waals surface area contributed by atoms with Crippen LogP contribution in [0.15, 0.2) is 18.2 Å². The summed E-state index contributed by atoms with van der Waals surface area (Å²) in [7, 11) is 0. The number of amides is 1. The number of halogens is 2. The van der Waals surface area contributed by atoms with Gasteiger partial charge in [0.1, 0.15) is 5.60 Å². The molecular formula is C16H20Cl2N2O3. The van der Waals surface area contributed by atoms with Crippen molar-refractivity contribution in [2.75, 3.05) is 31.1 Å². The minimum Gasteiger partial charge on any atom is -0.444 e. The van der Waals surface area contributed by atoms with E-state index >= 15 is 0 Å². The first kappa shape index (κ1) is 17.9. The third-order valence-corrected chi connectivity index (χ3v) is 3.97. The zero-order chi connectivity index (χ0) is 17.2. The second kappa shape index (κ2) is 6.97. The molecule has 1 saturated heterocycles. The van der Waals surface area contributed by atoms with Crippen LogP contribution in [0, 0.1) is 0 Å². The molecule has 1 aromatic rings. The summed E-state index contributed by atoms with van der Waals surface area (Å²) in [6.07, 6.45) is -0.300. The first-order valence-corrected chi connectivity index (χ1v) is 8.15. The quantitative estimate of drug-likeness (QED) is 0.755. The zero-order valence-electron chi connectivity index (χ0n) is 13.4. The van der Waals surface area contributed by atoms with Crippen LogP contribution in [0.2, 0.25) is 5.02 Å². The molecule has 0 aliphatic carbocycles. The minimum atomic E-state index is -0.534. The number of nitrogens with zero attached hydrogens (tertiary/aromatic N) is 2. The molecule has 5 nitrogen and oxygen atoms in total. The van der Waals surface area contributed by atoms with Gasteiger partial charge < -0.3 is 14.5 Å². The Morgan fingerprint density at radius 3 is 2.22 bits per heavy atom. The van der Waals surface area contributed by atoms with Crippen LogP contribution in [-0.4, -0.2) is 48.0 Å². The molecule has 0 unspecified atom stereocenters. The van der Waals surface area contributed by atoms with E-state index < -0.39 is 10.8 Å². The molecule has 23 heavy (non-hydrogen) atoms. The molecule has 1 aromatic carbocycles. The highest BCUT2D eigenvalue weighted by Gasteiger charge is 2.26. The fraction of sp³-hybridized carbons (Fsp3) is 0.500. The van der Waals surface area contributed by atoms with E-state index in [1.54, 1.807) is 23.1 Å². The average molecular weight is 359 g/mol. The van der Waals surface area contributed by atoms with Crippen LogP contribution >= 0.6 is 23.2 Å². The lowest BCUT2D eigenvalue weighted by Crippen LogP contribution is -2.50. The van der Waals surface area contributed by atoms with Crippen molar-refractivity contribution in [2.45, 2.75) is 26.4 Å². The predicted molar refractivity (Wildman–Crippen MR) is 91.7 cm³/mol. The molecule has 1 aliphatic heterocycles. The summed E-state index contributed by atoms with van der Waals surface area (Å²) >= 11 is 11.7. The van der Waals surface area contributed by atoms with Gasteiger partial charge in [-0.05, 0) is 50.6 Å². The molecule has 126 valence electrons. The van der Waals surface area contributed by atoms with Gasteiger partial charge in [-0.2, -0.15) is 0 Å². The third-order valence-electron chi connectivity index (χ3n) is 3.45. The highest BCUT2D eigenvalue weighted by molar-refractivity contribution is 6.67. The Balaban J connectivity index is 1.99. The van der Waals surface area contributed by atoms with Crippen LogP contribution in [0.4, 0.5) is 10.5 Å². The molecule has 1 amide bonds. The maximum absolute atomic E-state index is 12.1. The number of hydrogen-bond acceptors (Lipinski definition) is 4. The zero-order valence-corrected chi connectivity index (χ0v) is 14.9. The largest absolute Gasteiger partial charge is 0.444 e. The number of hydrogen-bond donors (Lipinski definition) is 0. The molecular weight excluding hydrogens is 339 g/mol. The maximum atomic E-state index is 12.1. The smallest absolute Gasteiger partial charge is 0.410 e. The normalized spacial score (nSPS) is 15.5. The van der Waals surface area contributed by atoms with Crippen molar-refractivity contribution in [3.05, 3.63) is 28.8 Å². The Labute approximate surface area is 146 Å². The molecule has 0 N–H and O–H groups in total. The van der Waals surface area contributed by atoms with E-state index in [1.807, 2.05) is 20.8 Å². The van der Waals surface area contributed by atoms with Gasteiger partial charge in [-0.25, -0.2) is 4.79 Å². The summed E-state index contributed by atoms with van der Waals surface area (Å²) < 4.78 is 5.37. The summed E-state index contributed by atoms with van der Waals surface area (Å²) in [5.74, 6) is 0. The number of carbonyl (C=O) groups is 2. The van der Waals surface area contributed by atoms with E-state index in [0.717, 1.165) is 5.69 Å². The van der Waals surface area contributed by atoms with Crippen molar-refractivity contribution >= 4 is 40.2 Å². The molecule has 0 radical (unpaired) electrons. The van der Waals surface area contributed by atoms with Crippen molar-refractivity contribution in [1.29, 1.82) is 0 Å². The van der Waals surface area contributed by atoms with Crippen LogP contribution in [0.1, 0.15) is 31.1 Å². The monoisotopic (exact) mass is 358 g/mol. The van der Waals surface area contributed by atoms with Crippen LogP contribution in [0.25, 0.3) is 0 Å². The number of ether oxygens (including phenoxy) is 1. The van der Waals surface area contributed by atoms with Gasteiger partial charge >= 0.3 is 6.09 Å². The second-order valence-corrected chi connectivity index (χ2v) is 7.14. The van der Waals surface area contributed by atoms with Crippen LogP contribution in [0.3, 0.4) is 0 Å². The molecule has 0 atom stereocenters. The third kappa shape index (κ3) is 4.75. The minimum absolute atomic E-state index is 0.300. The molecule has 0 saturated carbocycles. The summed E-state index contributed by atoms with van der Waals surface area (Å²) in [5, 5.41) is -0.0598. The SMILES string of the molecule is CC(C)(C)OC(=O)N1CCN(c2ccc(C(=O)Cl)cc2Cl)CC1. The fourth-order valence-corrected chi connectivity index (χ4v) is 2.76. The molecule has 2 rings (SSSR count). The van der Waals surface area contributed by atoms with Gasteiger partial charge in [0.2, 0.25) is 0 Å². The summed E-state index contributed by atoms with van der Waals surface area (Å²) in [6.45, 7) is 7.95. The van der Waals surface area contributed by atoms with E-state index in [9.17, 15) is 9.59 Å².